The van der Waals surface area contributed by atoms with Gasteiger partial charge < -0.3 is 14.8 Å². The van der Waals surface area contributed by atoms with Gasteiger partial charge in [-0.1, -0.05) is 0 Å². The molecule has 1 N–H and O–H groups in total. The van der Waals surface area contributed by atoms with Gasteiger partial charge in [-0.25, -0.2) is 0 Å². The van der Waals surface area contributed by atoms with Crippen LogP contribution in [0.1, 0.15) is 10.4 Å². The summed E-state index contributed by atoms with van der Waals surface area (Å²) < 4.78 is 12.3. The molecule has 1 aliphatic rings. The molecule has 0 saturated heterocycles. The first-order valence-electron chi connectivity index (χ1n) is 5.79. The maximum atomic E-state index is 12.3. The number of carbonyl (C=O) groups excluding carboxylic acids is 1. The van der Waals surface area contributed by atoms with Crippen molar-refractivity contribution in [1.29, 1.82) is 0 Å². The third-order valence-electron chi connectivity index (χ3n) is 2.80. The number of anilines is 1. The van der Waals surface area contributed by atoms with E-state index in [1.807, 2.05) is 18.2 Å². The van der Waals surface area contributed by atoms with Crippen molar-refractivity contribution in [2.45, 2.75) is 0 Å². The van der Waals surface area contributed by atoms with Gasteiger partial charge in [0, 0.05) is 19.8 Å². The van der Waals surface area contributed by atoms with E-state index < -0.39 is 0 Å². The van der Waals surface area contributed by atoms with Crippen LogP contribution in [0.2, 0.25) is 0 Å². The van der Waals surface area contributed by atoms with E-state index in [0.29, 0.717) is 22.7 Å². The molecule has 102 valence electrons. The zero-order chi connectivity index (χ0) is 14.1. The number of amides is 1. The molecule has 1 aliphatic heterocycles. The van der Waals surface area contributed by atoms with Crippen molar-refractivity contribution in [2.75, 3.05) is 12.1 Å². The summed E-state index contributed by atoms with van der Waals surface area (Å²) in [5.41, 5.74) is 1.26. The summed E-state index contributed by atoms with van der Waals surface area (Å²) in [5, 5.41) is 2.85. The lowest BCUT2D eigenvalue weighted by atomic mass is 10.2. The van der Waals surface area contributed by atoms with Crippen LogP contribution in [0.25, 0.3) is 0 Å². The molecule has 0 saturated carbocycles. The van der Waals surface area contributed by atoms with Gasteiger partial charge in [0.05, 0.1) is 5.56 Å². The summed E-state index contributed by atoms with van der Waals surface area (Å²) in [6.45, 7) is 0.217. The molecule has 0 spiro atoms. The first kappa shape index (κ1) is 13.7. The van der Waals surface area contributed by atoms with Gasteiger partial charge >= 0.3 is 0 Å². The quantitative estimate of drug-likeness (QED) is 0.710. The number of rotatable bonds is 2. The van der Waals surface area contributed by atoms with E-state index in [9.17, 15) is 4.79 Å². The summed E-state index contributed by atoms with van der Waals surface area (Å²) in [6, 6.07) is 10.9. The molecular weight excluding hydrogens is 437 g/mol. The van der Waals surface area contributed by atoms with Crippen molar-refractivity contribution in [1.82, 2.24) is 0 Å². The second-order valence-electron chi connectivity index (χ2n) is 4.15. The summed E-state index contributed by atoms with van der Waals surface area (Å²) in [5.74, 6) is 1.16. The van der Waals surface area contributed by atoms with Gasteiger partial charge in [0.1, 0.15) is 0 Å². The highest BCUT2D eigenvalue weighted by Crippen LogP contribution is 2.34. The fraction of sp³-hybridized carbons (Fsp3) is 0.0714. The van der Waals surface area contributed by atoms with Crippen LogP contribution in [0.3, 0.4) is 0 Å². The van der Waals surface area contributed by atoms with Gasteiger partial charge in [-0.2, -0.15) is 0 Å². The topological polar surface area (TPSA) is 47.6 Å². The third-order valence-corrected chi connectivity index (χ3v) is 4.17. The number of benzene rings is 2. The molecule has 0 fully saturated rings. The first-order chi connectivity index (χ1) is 9.63. The maximum Gasteiger partial charge on any atom is 0.256 e. The predicted octanol–water partition coefficient (Wildman–Crippen LogP) is 4.03. The van der Waals surface area contributed by atoms with Gasteiger partial charge in [-0.3, -0.25) is 4.79 Å². The Hall–Kier alpha value is -1.28. The van der Waals surface area contributed by atoms with Crippen LogP contribution in [0, 0.1) is 3.57 Å². The molecule has 1 amide bonds. The Balaban J connectivity index is 1.84. The summed E-state index contributed by atoms with van der Waals surface area (Å²) in [7, 11) is 0. The lowest BCUT2D eigenvalue weighted by Crippen LogP contribution is -2.12. The molecule has 0 aliphatic carbocycles. The molecule has 2 aromatic carbocycles. The third kappa shape index (κ3) is 2.76. The number of hydrogen-bond acceptors (Lipinski definition) is 3. The average Bonchev–Trinajstić information content (AvgIpc) is 2.89. The van der Waals surface area contributed by atoms with Gasteiger partial charge in [0.25, 0.3) is 5.91 Å². The maximum absolute atomic E-state index is 12.3. The molecule has 20 heavy (non-hydrogen) atoms. The van der Waals surface area contributed by atoms with Gasteiger partial charge in [-0.15, -0.1) is 0 Å². The number of carbonyl (C=O) groups is 1. The van der Waals surface area contributed by atoms with E-state index in [4.69, 9.17) is 9.47 Å². The molecule has 0 bridgehead atoms. The Labute approximate surface area is 137 Å². The number of nitrogens with one attached hydrogen (secondary N) is 1. The van der Waals surface area contributed by atoms with Crippen molar-refractivity contribution in [3.63, 3.8) is 0 Å². The molecule has 3 rings (SSSR count). The summed E-state index contributed by atoms with van der Waals surface area (Å²) in [4.78, 5) is 12.3. The summed E-state index contributed by atoms with van der Waals surface area (Å²) in [6.07, 6.45) is 0. The standard InChI is InChI=1S/C14H9BrINO3/c15-11-3-1-8(16)5-10(11)14(18)17-9-2-4-12-13(6-9)20-7-19-12/h1-6H,7H2,(H,17,18). The Morgan fingerprint density at radius 1 is 1.15 bits per heavy atom. The Kier molecular flexibility index (Phi) is 3.84. The highest BCUT2D eigenvalue weighted by atomic mass is 127. The van der Waals surface area contributed by atoms with Crippen molar-refractivity contribution in [3.05, 3.63) is 50.0 Å². The Morgan fingerprint density at radius 2 is 1.95 bits per heavy atom. The minimum Gasteiger partial charge on any atom is -0.454 e. The fourth-order valence-electron chi connectivity index (χ4n) is 1.84. The van der Waals surface area contributed by atoms with E-state index in [1.165, 1.54) is 0 Å². The molecule has 4 nitrogen and oxygen atoms in total. The molecule has 0 aromatic heterocycles. The SMILES string of the molecule is O=C(Nc1ccc2c(c1)OCO2)c1cc(I)ccc1Br. The molecule has 6 heteroatoms. The lowest BCUT2D eigenvalue weighted by Gasteiger charge is -2.08. The minimum atomic E-state index is -0.172. The van der Waals surface area contributed by atoms with Crippen molar-refractivity contribution < 1.29 is 14.3 Å². The van der Waals surface area contributed by atoms with Crippen LogP contribution in [0.4, 0.5) is 5.69 Å². The monoisotopic (exact) mass is 445 g/mol. The van der Waals surface area contributed by atoms with Crippen LogP contribution in [-0.2, 0) is 0 Å². The van der Waals surface area contributed by atoms with Crippen LogP contribution >= 0.6 is 38.5 Å². The van der Waals surface area contributed by atoms with Crippen LogP contribution in [0.5, 0.6) is 11.5 Å². The zero-order valence-electron chi connectivity index (χ0n) is 10.2. The number of fused-ring (bicyclic) bond motifs is 1. The van der Waals surface area contributed by atoms with E-state index in [0.717, 1.165) is 8.04 Å². The fourth-order valence-corrected chi connectivity index (χ4v) is 2.76. The van der Waals surface area contributed by atoms with Gasteiger partial charge in [-0.05, 0) is 68.9 Å². The first-order valence-corrected chi connectivity index (χ1v) is 7.67. The minimum absolute atomic E-state index is 0.172. The second kappa shape index (κ2) is 5.61. The van der Waals surface area contributed by atoms with E-state index in [1.54, 1.807) is 18.2 Å². The highest BCUT2D eigenvalue weighted by molar-refractivity contribution is 14.1. The molecule has 0 unspecified atom stereocenters. The zero-order valence-corrected chi connectivity index (χ0v) is 13.9. The number of hydrogen-bond donors (Lipinski definition) is 1. The lowest BCUT2D eigenvalue weighted by molar-refractivity contribution is 0.102. The highest BCUT2D eigenvalue weighted by Gasteiger charge is 2.15. The van der Waals surface area contributed by atoms with E-state index in [2.05, 4.69) is 43.8 Å². The smallest absolute Gasteiger partial charge is 0.256 e. The van der Waals surface area contributed by atoms with Crippen LogP contribution in [0.15, 0.2) is 40.9 Å². The average molecular weight is 446 g/mol. The molecule has 0 radical (unpaired) electrons. The molecule has 1 heterocycles. The Morgan fingerprint density at radius 3 is 2.80 bits per heavy atom. The Bertz CT molecular complexity index is 690. The van der Waals surface area contributed by atoms with Gasteiger partial charge in [0.2, 0.25) is 6.79 Å². The molecule has 2 aromatic rings. The van der Waals surface area contributed by atoms with Crippen LogP contribution < -0.4 is 14.8 Å². The molecule has 0 atom stereocenters. The van der Waals surface area contributed by atoms with E-state index in [-0.39, 0.29) is 12.7 Å². The van der Waals surface area contributed by atoms with Gasteiger partial charge in [0.15, 0.2) is 11.5 Å². The second-order valence-corrected chi connectivity index (χ2v) is 6.25. The largest absolute Gasteiger partial charge is 0.454 e. The number of halogens is 2. The normalized spacial score (nSPS) is 12.3. The molecular formula is C14H9BrINO3. The van der Waals surface area contributed by atoms with Crippen molar-refractivity contribution >= 4 is 50.1 Å². The predicted molar refractivity (Wildman–Crippen MR) is 87.4 cm³/mol. The van der Waals surface area contributed by atoms with Crippen molar-refractivity contribution in [2.24, 2.45) is 0 Å². The summed E-state index contributed by atoms with van der Waals surface area (Å²) >= 11 is 5.56. The van der Waals surface area contributed by atoms with Crippen LogP contribution in [-0.4, -0.2) is 12.7 Å². The van der Waals surface area contributed by atoms with Crippen molar-refractivity contribution in [3.8, 4) is 11.5 Å². The number of ether oxygens (including phenoxy) is 2. The van der Waals surface area contributed by atoms with E-state index >= 15 is 0 Å².